The van der Waals surface area contributed by atoms with Crippen LogP contribution in [0.25, 0.3) is 0 Å². The number of aliphatic hydroxyl groups is 1. The first-order valence-corrected chi connectivity index (χ1v) is 23.3. The Hall–Kier alpha value is -0.849. The van der Waals surface area contributed by atoms with Gasteiger partial charge in [0.05, 0.1) is 0 Å². The normalized spacial score (nSPS) is 19.6. The molecule has 6 N–H and O–H groups in total. The van der Waals surface area contributed by atoms with Crippen LogP contribution in [0.15, 0.2) is 0 Å². The number of ether oxygens (including phenoxy) is 1. The fourth-order valence-corrected chi connectivity index (χ4v) is 15.0. The van der Waals surface area contributed by atoms with Gasteiger partial charge in [-0.1, -0.05) is 26.7 Å². The Morgan fingerprint density at radius 1 is 0.918 bits per heavy atom. The van der Waals surface area contributed by atoms with Crippen LogP contribution in [0, 0.1) is 0 Å². The minimum atomic E-state index is -2.78. The highest BCUT2D eigenvalue weighted by Crippen LogP contribution is 2.42. The lowest BCUT2D eigenvalue weighted by atomic mass is 10.00. The van der Waals surface area contributed by atoms with Crippen LogP contribution in [-0.2, 0) is 49.7 Å². The molecule has 15 nitrogen and oxygen atoms in total. The van der Waals surface area contributed by atoms with Gasteiger partial charge in [-0.05, 0) is 66.0 Å². The fraction of sp³-hybridized carbons (Fsp3) is 0.935. The summed E-state index contributed by atoms with van der Waals surface area (Å²) in [7, 11) is 2.70. The number of carbonyl (C=O) groups is 2. The van der Waals surface area contributed by atoms with Gasteiger partial charge >= 0.3 is 26.2 Å². The Morgan fingerprint density at radius 2 is 1.51 bits per heavy atom. The molecular weight excluding hydrogens is 691 g/mol. The molecule has 1 aliphatic heterocycles. The largest absolute Gasteiger partial charge is 0.501 e. The number of nitrogens with two attached hydrogens (primary N) is 2. The van der Waals surface area contributed by atoms with Gasteiger partial charge in [0.25, 0.3) is 0 Å². The van der Waals surface area contributed by atoms with E-state index in [0.717, 1.165) is 38.1 Å². The first kappa shape index (κ1) is 50.3. The summed E-state index contributed by atoms with van der Waals surface area (Å²) in [6.45, 7) is 10.7. The number of rotatable bonds is 25. The van der Waals surface area contributed by atoms with Crippen molar-refractivity contribution in [2.75, 3.05) is 69.0 Å². The van der Waals surface area contributed by atoms with E-state index in [-0.39, 0.29) is 30.4 Å². The second-order valence-electron chi connectivity index (χ2n) is 11.6. The molecule has 49 heavy (non-hydrogen) atoms. The molecule has 0 aromatic carbocycles. The van der Waals surface area contributed by atoms with E-state index in [9.17, 15) is 9.59 Å². The zero-order valence-electron chi connectivity index (χ0n) is 32.4. The molecule has 3 unspecified atom stereocenters. The molecule has 18 heteroatoms. The van der Waals surface area contributed by atoms with E-state index in [1.165, 1.54) is 14.2 Å². The number of hydrogen-bond acceptors (Lipinski definition) is 13. The predicted molar refractivity (Wildman–Crippen MR) is 196 cm³/mol. The van der Waals surface area contributed by atoms with E-state index < -0.39 is 32.1 Å². The number of primary amides is 2. The van der Waals surface area contributed by atoms with Gasteiger partial charge in [-0.3, -0.25) is 9.59 Å². The van der Waals surface area contributed by atoms with Crippen molar-refractivity contribution in [3.8, 4) is 0 Å². The van der Waals surface area contributed by atoms with Gasteiger partial charge in [0.15, 0.2) is 0 Å². The minimum Gasteiger partial charge on any atom is -0.396 e. The summed E-state index contributed by atoms with van der Waals surface area (Å²) < 4.78 is 50.7. The summed E-state index contributed by atoms with van der Waals surface area (Å²) in [4.78, 5) is 21.3. The molecule has 0 aromatic heterocycles. The topological polar surface area (TPSA) is 202 Å². The molecule has 2 amide bonds. The van der Waals surface area contributed by atoms with Crippen molar-refractivity contribution in [1.82, 2.24) is 5.32 Å². The van der Waals surface area contributed by atoms with Crippen molar-refractivity contribution in [2.45, 2.75) is 121 Å². The van der Waals surface area contributed by atoms with Gasteiger partial charge in [0.1, 0.15) is 11.8 Å². The lowest BCUT2D eigenvalue weighted by molar-refractivity contribution is -0.121. The molecule has 1 saturated heterocycles. The third-order valence-corrected chi connectivity index (χ3v) is 18.9. The lowest BCUT2D eigenvalue weighted by Gasteiger charge is -2.52. The van der Waals surface area contributed by atoms with Crippen molar-refractivity contribution in [1.29, 1.82) is 0 Å². The highest BCUT2D eigenvalue weighted by atomic mass is 28.4. The summed E-state index contributed by atoms with van der Waals surface area (Å²) in [5.41, 5.74) is 10.1. The van der Waals surface area contributed by atoms with E-state index in [1.54, 1.807) is 21.3 Å². The molecule has 1 heterocycles. The van der Waals surface area contributed by atoms with E-state index in [0.29, 0.717) is 50.6 Å². The van der Waals surface area contributed by atoms with E-state index in [4.69, 9.17) is 56.7 Å². The zero-order chi connectivity index (χ0) is 38.0. The van der Waals surface area contributed by atoms with Crippen molar-refractivity contribution in [2.24, 2.45) is 11.5 Å². The molecule has 3 atom stereocenters. The molecule has 0 spiro atoms. The number of amides is 2. The number of hydrogen-bond donors (Lipinski definition) is 4. The molecular formula is C31H71N3O12Si3. The van der Waals surface area contributed by atoms with Gasteiger partial charge in [-0.25, -0.2) is 0 Å². The number of nitrogens with one attached hydrogen (secondary N) is 1. The second-order valence-corrected chi connectivity index (χ2v) is 21.0. The number of methoxy groups -OCH3 is 1. The van der Waals surface area contributed by atoms with E-state index >= 15 is 0 Å². The summed E-state index contributed by atoms with van der Waals surface area (Å²) in [6.07, 6.45) is 6.51. The summed E-state index contributed by atoms with van der Waals surface area (Å²) in [6, 6.07) is 2.60. The van der Waals surface area contributed by atoms with Crippen molar-refractivity contribution < 1.29 is 54.8 Å². The number of carbonyl (C=O) groups excluding carboxylic acids is 2. The molecule has 1 rings (SSSR count). The molecule has 0 aromatic rings. The first-order chi connectivity index (χ1) is 23.2. The second kappa shape index (κ2) is 27.8. The summed E-state index contributed by atoms with van der Waals surface area (Å²) >= 11 is 0. The van der Waals surface area contributed by atoms with Crippen molar-refractivity contribution in [3.63, 3.8) is 0 Å². The van der Waals surface area contributed by atoms with Gasteiger partial charge in [-0.15, -0.1) is 0 Å². The van der Waals surface area contributed by atoms with Crippen LogP contribution >= 0.6 is 0 Å². The number of aliphatic hydroxyl groups excluding tert-OH is 1. The van der Waals surface area contributed by atoms with E-state index in [1.807, 2.05) is 34.7 Å². The Labute approximate surface area is 299 Å². The lowest BCUT2D eigenvalue weighted by Crippen LogP contribution is -2.72. The van der Waals surface area contributed by atoms with Gasteiger partial charge < -0.3 is 62.0 Å². The highest BCUT2D eigenvalue weighted by Gasteiger charge is 2.62. The Balaban J connectivity index is 0. The van der Waals surface area contributed by atoms with Crippen LogP contribution in [0.2, 0.25) is 18.1 Å². The van der Waals surface area contributed by atoms with Crippen LogP contribution in [0.5, 0.6) is 0 Å². The third kappa shape index (κ3) is 17.0. The van der Waals surface area contributed by atoms with Gasteiger partial charge in [0.2, 0.25) is 11.8 Å². The summed E-state index contributed by atoms with van der Waals surface area (Å²) in [5, 5.41) is 12.1. The van der Waals surface area contributed by atoms with Crippen LogP contribution in [0.1, 0.15) is 86.0 Å². The molecule has 294 valence electrons. The Bertz CT molecular complexity index is 854. The van der Waals surface area contributed by atoms with Crippen LogP contribution in [0.3, 0.4) is 0 Å². The molecule has 1 aliphatic rings. The zero-order valence-corrected chi connectivity index (χ0v) is 35.4. The Morgan fingerprint density at radius 3 is 1.90 bits per heavy atom. The third-order valence-electron chi connectivity index (χ3n) is 8.36. The molecule has 0 radical (unpaired) electrons. The van der Waals surface area contributed by atoms with Crippen LogP contribution in [-0.4, -0.2) is 129 Å². The Kier molecular flexibility index (Phi) is 28.5. The maximum absolute atomic E-state index is 10.8. The quantitative estimate of drug-likeness (QED) is 0.0991. The summed E-state index contributed by atoms with van der Waals surface area (Å²) in [5.74, 6) is -0.846. The highest BCUT2D eigenvalue weighted by molar-refractivity contribution is 6.71. The first-order valence-electron chi connectivity index (χ1n) is 17.5. The SMILES string of the molecule is CCCC1(OC)C(NC)CCC[Si]1(OC)OC.CCC[Si](OC)(OC)OCC(N)=O.CCO[Si](CCCC(N)=O)(OCC)OC(C)CCO. The fourth-order valence-electron chi connectivity index (χ4n) is 6.14. The van der Waals surface area contributed by atoms with Crippen LogP contribution < -0.4 is 16.8 Å². The van der Waals surface area contributed by atoms with E-state index in [2.05, 4.69) is 12.2 Å². The molecule has 1 fully saturated rings. The monoisotopic (exact) mass is 761 g/mol. The van der Waals surface area contributed by atoms with Crippen LogP contribution in [0.4, 0.5) is 0 Å². The van der Waals surface area contributed by atoms with Crippen molar-refractivity contribution >= 4 is 38.0 Å². The smallest absolute Gasteiger partial charge is 0.396 e. The molecule has 0 saturated carbocycles. The maximum Gasteiger partial charge on any atom is 0.501 e. The van der Waals surface area contributed by atoms with Gasteiger partial charge in [-0.2, -0.15) is 0 Å². The standard InChI is InChI=1S/C12H27NO5Si.C12H27NO3Si.C7H17NO4Si/c1-4-16-19(17-5-2,10-6-7-12(13)15)18-11(3)8-9-14;1-6-9-12(14-3)11(13-2)8-7-10-17(12,15-4)16-5;1-4-5-13(10-2,11-3)12-6-7(8)9/h11,14H,4-10H2,1-3H3,(H2,13,15);11,13H,6-10H2,1-5H3;4-6H2,1-3H3,(H2,8,9). The molecule has 0 aliphatic carbocycles. The molecule has 0 bridgehead atoms. The maximum atomic E-state index is 10.8. The van der Waals surface area contributed by atoms with Gasteiger partial charge in [0, 0.05) is 86.0 Å². The van der Waals surface area contributed by atoms with Crippen molar-refractivity contribution in [3.05, 3.63) is 0 Å². The average molecular weight is 762 g/mol. The average Bonchev–Trinajstić information content (AvgIpc) is 3.07. The predicted octanol–water partition coefficient (Wildman–Crippen LogP) is 3.01. The number of likely N-dealkylation sites (N-methyl/N-ethyl adjacent to an activating group) is 1. The minimum absolute atomic E-state index is 0.0607.